The van der Waals surface area contributed by atoms with E-state index < -0.39 is 22.1 Å². The number of piperidine rings is 1. The lowest BCUT2D eigenvalue weighted by molar-refractivity contribution is -0.145. The van der Waals surface area contributed by atoms with E-state index in [0.29, 0.717) is 49.9 Å². The molecular formula is C23H35ClN4O5S2. The number of halogens is 1. The lowest BCUT2D eigenvalue weighted by Gasteiger charge is -2.36. The van der Waals surface area contributed by atoms with E-state index in [9.17, 15) is 18.0 Å². The molecule has 4 rings (SSSR count). The Morgan fingerprint density at radius 2 is 1.89 bits per heavy atom. The van der Waals surface area contributed by atoms with Gasteiger partial charge in [0.15, 0.2) is 0 Å². The van der Waals surface area contributed by atoms with Crippen molar-refractivity contribution in [3.63, 3.8) is 0 Å². The smallest absolute Gasteiger partial charge is 0.245 e. The molecule has 3 aliphatic heterocycles. The van der Waals surface area contributed by atoms with Gasteiger partial charge in [-0.2, -0.15) is 0 Å². The summed E-state index contributed by atoms with van der Waals surface area (Å²) in [6, 6.07) is 2.17. The summed E-state index contributed by atoms with van der Waals surface area (Å²) in [6.07, 6.45) is 4.32. The Bertz CT molecular complexity index is 976. The van der Waals surface area contributed by atoms with E-state index in [2.05, 4.69) is 9.62 Å². The number of ether oxygens (including phenoxy) is 1. The number of amides is 2. The lowest BCUT2D eigenvalue weighted by Crippen LogP contribution is -2.53. The van der Waals surface area contributed by atoms with Crippen molar-refractivity contribution in [2.45, 2.75) is 50.6 Å². The van der Waals surface area contributed by atoms with Crippen molar-refractivity contribution in [1.82, 2.24) is 19.4 Å². The van der Waals surface area contributed by atoms with Gasteiger partial charge < -0.3 is 14.5 Å². The maximum atomic E-state index is 13.5. The molecule has 9 nitrogen and oxygen atoms in total. The molecule has 0 radical (unpaired) electrons. The Kier molecular flexibility index (Phi) is 9.45. The van der Waals surface area contributed by atoms with Crippen molar-refractivity contribution in [2.24, 2.45) is 0 Å². The SMILES string of the molecule is O=C(C(CCN1CCOCC1)N1CC[C@H](NS(=O)(=O)CCc2ccc(Cl)s2)C1=O)N1CCCCC1. The van der Waals surface area contributed by atoms with Crippen LogP contribution in [0.2, 0.25) is 4.34 Å². The van der Waals surface area contributed by atoms with Crippen LogP contribution >= 0.6 is 22.9 Å². The second kappa shape index (κ2) is 12.3. The zero-order chi connectivity index (χ0) is 24.8. The van der Waals surface area contributed by atoms with Crippen molar-refractivity contribution in [1.29, 1.82) is 0 Å². The van der Waals surface area contributed by atoms with Crippen LogP contribution in [0.25, 0.3) is 0 Å². The number of rotatable bonds is 10. The number of hydrogen-bond donors (Lipinski definition) is 1. The first-order valence-corrected chi connectivity index (χ1v) is 15.3. The molecule has 0 aromatic carbocycles. The summed E-state index contributed by atoms with van der Waals surface area (Å²) in [7, 11) is -3.66. The van der Waals surface area contributed by atoms with Gasteiger partial charge in [0, 0.05) is 44.1 Å². The molecule has 3 aliphatic rings. The molecule has 1 N–H and O–H groups in total. The lowest BCUT2D eigenvalue weighted by atomic mass is 10.1. The number of hydrogen-bond acceptors (Lipinski definition) is 7. The average molecular weight is 547 g/mol. The number of nitrogens with zero attached hydrogens (tertiary/aromatic N) is 3. The molecular weight excluding hydrogens is 512 g/mol. The summed E-state index contributed by atoms with van der Waals surface area (Å²) in [6.45, 7) is 5.50. The number of aryl methyl sites for hydroxylation is 1. The highest BCUT2D eigenvalue weighted by molar-refractivity contribution is 7.89. The van der Waals surface area contributed by atoms with Crippen molar-refractivity contribution >= 4 is 44.8 Å². The first kappa shape index (κ1) is 26.8. The van der Waals surface area contributed by atoms with Crippen LogP contribution in [0.15, 0.2) is 12.1 Å². The Morgan fingerprint density at radius 1 is 1.14 bits per heavy atom. The van der Waals surface area contributed by atoms with Crippen LogP contribution < -0.4 is 4.72 Å². The second-order valence-electron chi connectivity index (χ2n) is 9.41. The number of thiophene rings is 1. The van der Waals surface area contributed by atoms with Crippen LogP contribution in [0.1, 0.15) is 37.0 Å². The third-order valence-corrected chi connectivity index (χ3v) is 9.64. The summed E-state index contributed by atoms with van der Waals surface area (Å²) < 4.78 is 34.0. The zero-order valence-corrected chi connectivity index (χ0v) is 22.4. The molecule has 12 heteroatoms. The molecule has 0 bridgehead atoms. The van der Waals surface area contributed by atoms with Gasteiger partial charge in [0.1, 0.15) is 12.1 Å². The number of carbonyl (C=O) groups excluding carboxylic acids is 2. The molecule has 0 saturated carbocycles. The van der Waals surface area contributed by atoms with Gasteiger partial charge in [-0.25, -0.2) is 13.1 Å². The molecule has 0 spiro atoms. The number of morpholine rings is 1. The van der Waals surface area contributed by atoms with Crippen LogP contribution in [-0.2, 0) is 30.8 Å². The van der Waals surface area contributed by atoms with Crippen LogP contribution in [0, 0.1) is 0 Å². The van der Waals surface area contributed by atoms with Gasteiger partial charge in [0.05, 0.1) is 23.3 Å². The maximum absolute atomic E-state index is 13.5. The fraction of sp³-hybridized carbons (Fsp3) is 0.739. The van der Waals surface area contributed by atoms with Gasteiger partial charge in [0.2, 0.25) is 21.8 Å². The van der Waals surface area contributed by atoms with Crippen LogP contribution in [0.4, 0.5) is 0 Å². The van der Waals surface area contributed by atoms with Gasteiger partial charge >= 0.3 is 0 Å². The average Bonchev–Trinajstić information content (AvgIpc) is 3.44. The van der Waals surface area contributed by atoms with E-state index in [4.69, 9.17) is 16.3 Å². The Labute approximate surface area is 216 Å². The highest BCUT2D eigenvalue weighted by atomic mass is 35.5. The van der Waals surface area contributed by atoms with Gasteiger partial charge in [-0.1, -0.05) is 11.6 Å². The van der Waals surface area contributed by atoms with E-state index in [0.717, 1.165) is 50.3 Å². The third-order valence-electron chi connectivity index (χ3n) is 6.96. The fourth-order valence-corrected chi connectivity index (χ4v) is 7.46. The number of sulfonamides is 1. The second-order valence-corrected chi connectivity index (χ2v) is 13.1. The quantitative estimate of drug-likeness (QED) is 0.478. The topological polar surface area (TPSA) is 99.3 Å². The summed E-state index contributed by atoms with van der Waals surface area (Å²) >= 11 is 7.29. The van der Waals surface area contributed by atoms with Crippen LogP contribution in [0.5, 0.6) is 0 Å². The molecule has 35 heavy (non-hydrogen) atoms. The molecule has 2 amide bonds. The Morgan fingerprint density at radius 3 is 2.57 bits per heavy atom. The number of nitrogens with one attached hydrogen (secondary N) is 1. The highest BCUT2D eigenvalue weighted by Gasteiger charge is 2.41. The molecule has 2 atom stereocenters. The molecule has 3 saturated heterocycles. The van der Waals surface area contributed by atoms with Gasteiger partial charge in [-0.3, -0.25) is 14.5 Å². The first-order chi connectivity index (χ1) is 16.8. The van der Waals surface area contributed by atoms with Gasteiger partial charge in [0.25, 0.3) is 0 Å². The van der Waals surface area contributed by atoms with E-state index >= 15 is 0 Å². The maximum Gasteiger partial charge on any atom is 0.245 e. The van der Waals surface area contributed by atoms with Crippen molar-refractivity contribution < 1.29 is 22.7 Å². The van der Waals surface area contributed by atoms with Crippen LogP contribution in [0.3, 0.4) is 0 Å². The van der Waals surface area contributed by atoms with E-state index in [1.165, 1.54) is 11.3 Å². The van der Waals surface area contributed by atoms with Crippen molar-refractivity contribution in [3.05, 3.63) is 21.3 Å². The molecule has 1 aromatic rings. The standard InChI is InChI=1S/C23H35ClN4O5S2/c24-21-5-4-18(34-21)8-17-35(31,32)25-19-6-12-28(22(19)29)20(7-11-26-13-15-33-16-14-26)23(30)27-9-2-1-3-10-27/h4-5,19-20,25H,1-3,6-17H2/t19-,20?/m0/s1. The third kappa shape index (κ3) is 7.39. The van der Waals surface area contributed by atoms with E-state index in [1.807, 2.05) is 11.0 Å². The predicted octanol–water partition coefficient (Wildman–Crippen LogP) is 1.57. The molecule has 0 aliphatic carbocycles. The minimum absolute atomic E-state index is 0.00982. The molecule has 196 valence electrons. The molecule has 1 aromatic heterocycles. The summed E-state index contributed by atoms with van der Waals surface area (Å²) in [4.78, 5) is 33.5. The van der Waals surface area contributed by atoms with Gasteiger partial charge in [-0.15, -0.1) is 11.3 Å². The number of likely N-dealkylation sites (tertiary alicyclic amines) is 2. The normalized spacial score (nSPS) is 23.1. The minimum Gasteiger partial charge on any atom is -0.379 e. The van der Waals surface area contributed by atoms with Crippen molar-refractivity contribution in [2.75, 3.05) is 58.2 Å². The molecule has 4 heterocycles. The van der Waals surface area contributed by atoms with Crippen molar-refractivity contribution in [3.8, 4) is 0 Å². The summed E-state index contributed by atoms with van der Waals surface area (Å²) in [5.74, 6) is -0.421. The van der Waals surface area contributed by atoms with E-state index in [1.54, 1.807) is 11.0 Å². The molecule has 3 fully saturated rings. The van der Waals surface area contributed by atoms with Gasteiger partial charge in [-0.05, 0) is 50.7 Å². The Hall–Kier alpha value is -1.24. The summed E-state index contributed by atoms with van der Waals surface area (Å²) in [5, 5.41) is 0. The van der Waals surface area contributed by atoms with Crippen LogP contribution in [-0.4, -0.2) is 105 Å². The molecule has 1 unspecified atom stereocenters. The number of carbonyl (C=O) groups is 2. The zero-order valence-electron chi connectivity index (χ0n) is 20.0. The predicted molar refractivity (Wildman–Crippen MR) is 136 cm³/mol. The summed E-state index contributed by atoms with van der Waals surface area (Å²) in [5.41, 5.74) is 0. The fourth-order valence-electron chi connectivity index (χ4n) is 4.98. The van der Waals surface area contributed by atoms with E-state index in [-0.39, 0.29) is 17.6 Å². The first-order valence-electron chi connectivity index (χ1n) is 12.5. The highest BCUT2D eigenvalue weighted by Crippen LogP contribution is 2.24. The monoisotopic (exact) mass is 546 g/mol. The minimum atomic E-state index is -3.66. The largest absolute Gasteiger partial charge is 0.379 e. The Balaban J connectivity index is 1.39.